The highest BCUT2D eigenvalue weighted by Gasteiger charge is 2.21. The lowest BCUT2D eigenvalue weighted by atomic mass is 10.1. The van der Waals surface area contributed by atoms with Gasteiger partial charge >= 0.3 is 5.97 Å². The summed E-state index contributed by atoms with van der Waals surface area (Å²) in [4.78, 5) is 15.5. The molecule has 0 radical (unpaired) electrons. The molecule has 3 N–H and O–H groups in total. The first-order valence-electron chi connectivity index (χ1n) is 6.50. The number of hydrogen-bond acceptors (Lipinski definition) is 4. The largest absolute Gasteiger partial charge is 0.478 e. The lowest BCUT2D eigenvalue weighted by Crippen LogP contribution is -2.27. The van der Waals surface area contributed by atoms with E-state index in [2.05, 4.69) is 16.8 Å². The zero-order valence-electron chi connectivity index (χ0n) is 11.5. The van der Waals surface area contributed by atoms with Crippen LogP contribution in [-0.4, -0.2) is 49.7 Å². The van der Waals surface area contributed by atoms with E-state index >= 15 is 0 Å². The Morgan fingerprint density at radius 3 is 2.89 bits per heavy atom. The molecule has 0 amide bonds. The van der Waals surface area contributed by atoms with Gasteiger partial charge in [-0.15, -0.1) is 0 Å². The number of rotatable bonds is 4. The molecule has 104 valence electrons. The van der Waals surface area contributed by atoms with Crippen LogP contribution in [0.3, 0.4) is 0 Å². The summed E-state index contributed by atoms with van der Waals surface area (Å²) in [6.07, 6.45) is 1.20. The quantitative estimate of drug-likeness (QED) is 0.803. The van der Waals surface area contributed by atoms with Crippen molar-refractivity contribution in [2.24, 2.45) is 5.92 Å². The summed E-state index contributed by atoms with van der Waals surface area (Å²) in [7, 11) is 4.13. The summed E-state index contributed by atoms with van der Waals surface area (Å²) in [5, 5.41) is 9.09. The Balaban J connectivity index is 2.08. The van der Waals surface area contributed by atoms with E-state index in [0.717, 1.165) is 25.3 Å². The fourth-order valence-corrected chi connectivity index (χ4v) is 2.63. The van der Waals surface area contributed by atoms with Crippen molar-refractivity contribution in [3.05, 3.63) is 23.8 Å². The molecular weight excluding hydrogens is 242 g/mol. The molecule has 1 aliphatic heterocycles. The second kappa shape index (κ2) is 5.48. The van der Waals surface area contributed by atoms with Crippen molar-refractivity contribution in [1.29, 1.82) is 0 Å². The molecule has 0 spiro atoms. The van der Waals surface area contributed by atoms with Gasteiger partial charge in [0.25, 0.3) is 0 Å². The SMILES string of the molecule is CN1CCC(CN(C)c2ccc(N)c(C(=O)O)c2)C1. The summed E-state index contributed by atoms with van der Waals surface area (Å²) >= 11 is 0. The molecule has 0 saturated carbocycles. The minimum atomic E-state index is -0.978. The van der Waals surface area contributed by atoms with E-state index in [0.29, 0.717) is 11.6 Å². The molecule has 1 heterocycles. The van der Waals surface area contributed by atoms with Gasteiger partial charge in [-0.3, -0.25) is 0 Å². The predicted octanol–water partition coefficient (Wildman–Crippen LogP) is 1.35. The average molecular weight is 263 g/mol. The van der Waals surface area contributed by atoms with Gasteiger partial charge < -0.3 is 20.6 Å². The second-order valence-electron chi connectivity index (χ2n) is 5.37. The van der Waals surface area contributed by atoms with Crippen molar-refractivity contribution in [2.75, 3.05) is 44.4 Å². The third-order valence-corrected chi connectivity index (χ3v) is 3.73. The molecule has 0 aromatic heterocycles. The Hall–Kier alpha value is -1.75. The van der Waals surface area contributed by atoms with Crippen LogP contribution in [0, 0.1) is 5.92 Å². The second-order valence-corrected chi connectivity index (χ2v) is 5.37. The van der Waals surface area contributed by atoms with Crippen LogP contribution in [0.1, 0.15) is 16.8 Å². The van der Waals surface area contributed by atoms with E-state index in [-0.39, 0.29) is 5.56 Å². The van der Waals surface area contributed by atoms with Gasteiger partial charge in [-0.05, 0) is 44.1 Å². The molecule has 2 rings (SSSR count). The maximum Gasteiger partial charge on any atom is 0.337 e. The number of carbonyl (C=O) groups is 1. The third-order valence-electron chi connectivity index (χ3n) is 3.73. The van der Waals surface area contributed by atoms with E-state index in [1.807, 2.05) is 13.1 Å². The Bertz CT molecular complexity index is 476. The number of carboxylic acids is 1. The van der Waals surface area contributed by atoms with Crippen LogP contribution in [0.2, 0.25) is 0 Å². The summed E-state index contributed by atoms with van der Waals surface area (Å²) in [6, 6.07) is 5.19. The zero-order valence-corrected chi connectivity index (χ0v) is 11.5. The minimum Gasteiger partial charge on any atom is -0.478 e. The standard InChI is InChI=1S/C14H21N3O2/c1-16-6-5-10(8-16)9-17(2)11-3-4-13(15)12(7-11)14(18)19/h3-4,7,10H,5-6,8-9,15H2,1-2H3,(H,18,19). The van der Waals surface area contributed by atoms with Gasteiger partial charge in [0.2, 0.25) is 0 Å². The molecule has 19 heavy (non-hydrogen) atoms. The van der Waals surface area contributed by atoms with Crippen LogP contribution in [0.4, 0.5) is 11.4 Å². The maximum absolute atomic E-state index is 11.1. The summed E-state index contributed by atoms with van der Waals surface area (Å²) in [5.41, 5.74) is 7.05. The average Bonchev–Trinajstić information content (AvgIpc) is 2.74. The maximum atomic E-state index is 11.1. The van der Waals surface area contributed by atoms with Gasteiger partial charge in [-0.2, -0.15) is 0 Å². The molecular formula is C14H21N3O2. The molecule has 1 aliphatic rings. The molecule has 0 aliphatic carbocycles. The highest BCUT2D eigenvalue weighted by molar-refractivity contribution is 5.94. The molecule has 0 bridgehead atoms. The fourth-order valence-electron chi connectivity index (χ4n) is 2.63. The predicted molar refractivity (Wildman–Crippen MR) is 76.7 cm³/mol. The van der Waals surface area contributed by atoms with Crippen molar-refractivity contribution in [3.8, 4) is 0 Å². The van der Waals surface area contributed by atoms with Crippen LogP contribution < -0.4 is 10.6 Å². The van der Waals surface area contributed by atoms with Crippen molar-refractivity contribution in [1.82, 2.24) is 4.90 Å². The van der Waals surface area contributed by atoms with Crippen LogP contribution in [-0.2, 0) is 0 Å². The van der Waals surface area contributed by atoms with Gasteiger partial charge in [-0.1, -0.05) is 0 Å². The fraction of sp³-hybridized carbons (Fsp3) is 0.500. The smallest absolute Gasteiger partial charge is 0.337 e. The Morgan fingerprint density at radius 1 is 1.58 bits per heavy atom. The number of benzene rings is 1. The molecule has 1 saturated heterocycles. The number of carboxylic acid groups (broad SMARTS) is 1. The van der Waals surface area contributed by atoms with Crippen molar-refractivity contribution < 1.29 is 9.90 Å². The Labute approximate surface area is 113 Å². The summed E-state index contributed by atoms with van der Waals surface area (Å²) < 4.78 is 0. The van der Waals surface area contributed by atoms with E-state index in [4.69, 9.17) is 10.8 Å². The van der Waals surface area contributed by atoms with Gasteiger partial charge in [-0.25, -0.2) is 4.79 Å². The molecule has 1 fully saturated rings. The number of nitrogens with zero attached hydrogens (tertiary/aromatic N) is 2. The highest BCUT2D eigenvalue weighted by Crippen LogP contribution is 2.23. The van der Waals surface area contributed by atoms with Gasteiger partial charge in [0.15, 0.2) is 0 Å². The topological polar surface area (TPSA) is 69.8 Å². The van der Waals surface area contributed by atoms with E-state index in [9.17, 15) is 4.79 Å². The number of likely N-dealkylation sites (tertiary alicyclic amines) is 1. The number of nitrogen functional groups attached to an aromatic ring is 1. The minimum absolute atomic E-state index is 0.174. The molecule has 1 atom stereocenters. The Morgan fingerprint density at radius 2 is 2.32 bits per heavy atom. The lowest BCUT2D eigenvalue weighted by molar-refractivity contribution is 0.0698. The van der Waals surface area contributed by atoms with E-state index < -0.39 is 5.97 Å². The highest BCUT2D eigenvalue weighted by atomic mass is 16.4. The summed E-state index contributed by atoms with van der Waals surface area (Å²) in [6.45, 7) is 3.18. The molecule has 1 unspecified atom stereocenters. The van der Waals surface area contributed by atoms with Crippen LogP contribution in [0.5, 0.6) is 0 Å². The zero-order chi connectivity index (χ0) is 14.0. The van der Waals surface area contributed by atoms with Crippen molar-refractivity contribution in [2.45, 2.75) is 6.42 Å². The first-order valence-corrected chi connectivity index (χ1v) is 6.50. The summed E-state index contributed by atoms with van der Waals surface area (Å²) in [5.74, 6) is -0.339. The number of hydrogen-bond donors (Lipinski definition) is 2. The van der Waals surface area contributed by atoms with Crippen LogP contribution in [0.25, 0.3) is 0 Å². The number of anilines is 2. The van der Waals surface area contributed by atoms with Crippen LogP contribution in [0.15, 0.2) is 18.2 Å². The molecule has 5 nitrogen and oxygen atoms in total. The van der Waals surface area contributed by atoms with Crippen molar-refractivity contribution >= 4 is 17.3 Å². The van der Waals surface area contributed by atoms with Gasteiger partial charge in [0.1, 0.15) is 0 Å². The number of aromatic carboxylic acids is 1. The van der Waals surface area contributed by atoms with E-state index in [1.165, 1.54) is 6.42 Å². The van der Waals surface area contributed by atoms with Gasteiger partial charge in [0.05, 0.1) is 5.56 Å². The van der Waals surface area contributed by atoms with Gasteiger partial charge in [0, 0.05) is 31.5 Å². The normalized spacial score (nSPS) is 19.6. The third kappa shape index (κ3) is 3.17. The van der Waals surface area contributed by atoms with Crippen molar-refractivity contribution in [3.63, 3.8) is 0 Å². The number of nitrogens with two attached hydrogens (primary N) is 1. The Kier molecular flexibility index (Phi) is 3.95. The van der Waals surface area contributed by atoms with Crippen LogP contribution >= 0.6 is 0 Å². The first-order chi connectivity index (χ1) is 8.97. The molecule has 1 aromatic rings. The lowest BCUT2D eigenvalue weighted by Gasteiger charge is -2.23. The first kappa shape index (κ1) is 13.7. The van der Waals surface area contributed by atoms with E-state index in [1.54, 1.807) is 12.1 Å². The monoisotopic (exact) mass is 263 g/mol. The molecule has 1 aromatic carbocycles. The molecule has 5 heteroatoms.